The molecule has 2 unspecified atom stereocenters. The Morgan fingerprint density at radius 1 is 1.00 bits per heavy atom. The van der Waals surface area contributed by atoms with E-state index in [1.807, 2.05) is 19.1 Å². The van der Waals surface area contributed by atoms with Gasteiger partial charge in [-0.15, -0.1) is 0 Å². The number of pyridine rings is 1. The third-order valence-electron chi connectivity index (χ3n) is 3.44. The molecular formula is C15H15F3N2. The molecule has 1 aromatic carbocycles. The minimum absolute atomic E-state index is 0.107. The quantitative estimate of drug-likeness (QED) is 0.866. The first-order valence-electron chi connectivity index (χ1n) is 6.26. The lowest BCUT2D eigenvalue weighted by molar-refractivity contribution is 0.417. The molecule has 1 heterocycles. The molecule has 2 aromatic rings. The molecule has 20 heavy (non-hydrogen) atoms. The molecule has 1 aromatic heterocycles. The van der Waals surface area contributed by atoms with Gasteiger partial charge < -0.3 is 5.32 Å². The third-order valence-corrected chi connectivity index (χ3v) is 3.44. The van der Waals surface area contributed by atoms with Crippen molar-refractivity contribution in [1.29, 1.82) is 0 Å². The first-order valence-corrected chi connectivity index (χ1v) is 6.26. The molecule has 5 heteroatoms. The Bertz CT molecular complexity index is 587. The zero-order chi connectivity index (χ0) is 14.7. The van der Waals surface area contributed by atoms with E-state index in [4.69, 9.17) is 0 Å². The molecule has 0 aliphatic rings. The van der Waals surface area contributed by atoms with Crippen LogP contribution < -0.4 is 5.32 Å². The van der Waals surface area contributed by atoms with Crippen molar-refractivity contribution in [2.75, 3.05) is 7.05 Å². The topological polar surface area (TPSA) is 24.9 Å². The van der Waals surface area contributed by atoms with Gasteiger partial charge in [0, 0.05) is 29.9 Å². The average Bonchev–Trinajstić information content (AvgIpc) is 2.48. The van der Waals surface area contributed by atoms with E-state index in [1.165, 1.54) is 6.07 Å². The minimum atomic E-state index is -1.44. The Kier molecular flexibility index (Phi) is 4.39. The number of aromatic nitrogens is 1. The number of hydrogen-bond acceptors (Lipinski definition) is 2. The second-order valence-corrected chi connectivity index (χ2v) is 4.60. The van der Waals surface area contributed by atoms with Gasteiger partial charge >= 0.3 is 0 Å². The molecule has 0 spiro atoms. The maximum atomic E-state index is 13.9. The highest BCUT2D eigenvalue weighted by Gasteiger charge is 2.25. The Balaban J connectivity index is 2.41. The molecule has 0 aliphatic heterocycles. The van der Waals surface area contributed by atoms with Crippen molar-refractivity contribution in [1.82, 2.24) is 10.3 Å². The first kappa shape index (κ1) is 14.5. The highest BCUT2D eigenvalue weighted by atomic mass is 19.2. The normalized spacial score (nSPS) is 14.1. The predicted molar refractivity (Wildman–Crippen MR) is 70.8 cm³/mol. The van der Waals surface area contributed by atoms with E-state index < -0.39 is 23.5 Å². The van der Waals surface area contributed by atoms with Crippen LogP contribution in [0.25, 0.3) is 0 Å². The first-order chi connectivity index (χ1) is 9.56. The van der Waals surface area contributed by atoms with Crippen LogP contribution >= 0.6 is 0 Å². The highest BCUT2D eigenvalue weighted by Crippen LogP contribution is 2.32. The summed E-state index contributed by atoms with van der Waals surface area (Å²) in [4.78, 5) is 3.92. The summed E-state index contributed by atoms with van der Waals surface area (Å²) in [7, 11) is 1.66. The van der Waals surface area contributed by atoms with Gasteiger partial charge in [-0.2, -0.15) is 0 Å². The van der Waals surface area contributed by atoms with Crippen molar-refractivity contribution in [3.8, 4) is 0 Å². The second-order valence-electron chi connectivity index (χ2n) is 4.60. The van der Waals surface area contributed by atoms with E-state index >= 15 is 0 Å². The zero-order valence-electron chi connectivity index (χ0n) is 11.2. The van der Waals surface area contributed by atoms with E-state index in [0.29, 0.717) is 0 Å². The Hall–Kier alpha value is -1.88. The molecule has 1 N–H and O–H groups in total. The third kappa shape index (κ3) is 2.67. The minimum Gasteiger partial charge on any atom is -0.312 e. The number of nitrogens with zero attached hydrogens (tertiary/aromatic N) is 1. The van der Waals surface area contributed by atoms with E-state index in [-0.39, 0.29) is 11.5 Å². The SMILES string of the molecule is CNC(c1ccc(F)c(F)c1F)C(C)c1ccncc1. The van der Waals surface area contributed by atoms with Gasteiger partial charge in [-0.25, -0.2) is 13.2 Å². The van der Waals surface area contributed by atoms with Crippen molar-refractivity contribution >= 4 is 0 Å². The summed E-state index contributed by atoms with van der Waals surface area (Å²) in [5, 5.41) is 2.95. The molecule has 2 atom stereocenters. The number of rotatable bonds is 4. The van der Waals surface area contributed by atoms with Gasteiger partial charge in [0.15, 0.2) is 17.5 Å². The Labute approximate surface area is 115 Å². The maximum Gasteiger partial charge on any atom is 0.194 e. The van der Waals surface area contributed by atoms with E-state index in [0.717, 1.165) is 11.6 Å². The number of halogens is 3. The van der Waals surface area contributed by atoms with Crippen molar-refractivity contribution in [3.63, 3.8) is 0 Å². The van der Waals surface area contributed by atoms with Crippen LogP contribution in [-0.4, -0.2) is 12.0 Å². The van der Waals surface area contributed by atoms with Crippen LogP contribution in [0, 0.1) is 17.5 Å². The molecule has 2 rings (SSSR count). The van der Waals surface area contributed by atoms with Crippen LogP contribution in [0.15, 0.2) is 36.7 Å². The summed E-state index contributed by atoms with van der Waals surface area (Å²) < 4.78 is 40.3. The average molecular weight is 280 g/mol. The zero-order valence-corrected chi connectivity index (χ0v) is 11.2. The lowest BCUT2D eigenvalue weighted by Gasteiger charge is -2.25. The van der Waals surface area contributed by atoms with Gasteiger partial charge in [-0.05, 0) is 30.8 Å². The second kappa shape index (κ2) is 6.05. The fraction of sp³-hybridized carbons (Fsp3) is 0.267. The summed E-state index contributed by atoms with van der Waals surface area (Å²) in [6.45, 7) is 1.89. The standard InChI is InChI=1S/C15H15F3N2/c1-9(10-5-7-20-8-6-10)15(19-2)11-3-4-12(16)14(18)13(11)17/h3-9,15,19H,1-2H3. The van der Waals surface area contributed by atoms with Gasteiger partial charge in [0.25, 0.3) is 0 Å². The van der Waals surface area contributed by atoms with Crippen molar-refractivity contribution < 1.29 is 13.2 Å². The van der Waals surface area contributed by atoms with Crippen LogP contribution in [0.5, 0.6) is 0 Å². The number of hydrogen-bond donors (Lipinski definition) is 1. The Morgan fingerprint density at radius 2 is 1.65 bits per heavy atom. The van der Waals surface area contributed by atoms with Crippen LogP contribution in [0.2, 0.25) is 0 Å². The number of likely N-dealkylation sites (N-methyl/N-ethyl adjacent to an activating group) is 1. The number of benzene rings is 1. The van der Waals surface area contributed by atoms with Crippen LogP contribution in [0.3, 0.4) is 0 Å². The number of nitrogens with one attached hydrogen (secondary N) is 1. The Morgan fingerprint density at radius 3 is 2.25 bits per heavy atom. The van der Waals surface area contributed by atoms with Gasteiger partial charge in [-0.3, -0.25) is 4.98 Å². The van der Waals surface area contributed by atoms with Gasteiger partial charge in [0.1, 0.15) is 0 Å². The molecule has 0 saturated carbocycles. The smallest absolute Gasteiger partial charge is 0.194 e. The van der Waals surface area contributed by atoms with Crippen LogP contribution in [0.1, 0.15) is 30.0 Å². The van der Waals surface area contributed by atoms with Gasteiger partial charge in [-0.1, -0.05) is 13.0 Å². The summed E-state index contributed by atoms with van der Waals surface area (Å²) in [5.74, 6) is -3.89. The molecule has 0 fully saturated rings. The molecule has 2 nitrogen and oxygen atoms in total. The summed E-state index contributed by atoms with van der Waals surface area (Å²) in [6.07, 6.45) is 3.28. The summed E-state index contributed by atoms with van der Waals surface area (Å²) >= 11 is 0. The highest BCUT2D eigenvalue weighted by molar-refractivity contribution is 5.28. The van der Waals surface area contributed by atoms with E-state index in [9.17, 15) is 13.2 Å². The lowest BCUT2D eigenvalue weighted by atomic mass is 9.89. The van der Waals surface area contributed by atoms with Crippen molar-refractivity contribution in [3.05, 3.63) is 65.2 Å². The molecule has 0 bridgehead atoms. The fourth-order valence-corrected chi connectivity index (χ4v) is 2.32. The monoisotopic (exact) mass is 280 g/mol. The molecular weight excluding hydrogens is 265 g/mol. The van der Waals surface area contributed by atoms with Crippen molar-refractivity contribution in [2.45, 2.75) is 18.9 Å². The van der Waals surface area contributed by atoms with Crippen LogP contribution in [0.4, 0.5) is 13.2 Å². The van der Waals surface area contributed by atoms with Crippen molar-refractivity contribution in [2.24, 2.45) is 0 Å². The molecule has 0 saturated heterocycles. The molecule has 106 valence electrons. The molecule has 0 amide bonds. The van der Waals surface area contributed by atoms with Gasteiger partial charge in [0.05, 0.1) is 0 Å². The van der Waals surface area contributed by atoms with E-state index in [2.05, 4.69) is 10.3 Å². The summed E-state index contributed by atoms with van der Waals surface area (Å²) in [5.41, 5.74) is 1.04. The fourth-order valence-electron chi connectivity index (χ4n) is 2.32. The molecule has 0 radical (unpaired) electrons. The lowest BCUT2D eigenvalue weighted by Crippen LogP contribution is -2.24. The molecule has 0 aliphatic carbocycles. The maximum absolute atomic E-state index is 13.9. The predicted octanol–water partition coefficient (Wildman–Crippen LogP) is 3.56. The van der Waals surface area contributed by atoms with Gasteiger partial charge in [0.2, 0.25) is 0 Å². The van der Waals surface area contributed by atoms with Crippen LogP contribution in [-0.2, 0) is 0 Å². The summed E-state index contributed by atoms with van der Waals surface area (Å²) in [6, 6.07) is 5.37. The largest absolute Gasteiger partial charge is 0.312 e. The van der Waals surface area contributed by atoms with E-state index in [1.54, 1.807) is 19.4 Å².